The number of anilines is 1. The van der Waals surface area contributed by atoms with Gasteiger partial charge in [-0.3, -0.25) is 14.5 Å². The summed E-state index contributed by atoms with van der Waals surface area (Å²) in [6.45, 7) is 4.62. The highest BCUT2D eigenvalue weighted by molar-refractivity contribution is 7.22. The summed E-state index contributed by atoms with van der Waals surface area (Å²) >= 11 is 1.10. The molecule has 188 valence electrons. The van der Waals surface area contributed by atoms with E-state index in [0.29, 0.717) is 46.1 Å². The van der Waals surface area contributed by atoms with Crippen molar-refractivity contribution >= 4 is 44.1 Å². The molecular weight excluding hydrogens is 495 g/mol. The Labute approximate surface area is 216 Å². The summed E-state index contributed by atoms with van der Waals surface area (Å²) in [5, 5.41) is 11.6. The number of fused-ring (bicyclic) bond motifs is 1. The Balaban J connectivity index is 1.69. The Morgan fingerprint density at radius 1 is 1.00 bits per heavy atom. The first-order chi connectivity index (χ1) is 17.9. The van der Waals surface area contributed by atoms with E-state index >= 15 is 0 Å². The predicted octanol–water partition coefficient (Wildman–Crippen LogP) is 5.86. The summed E-state index contributed by atoms with van der Waals surface area (Å²) in [6.07, 6.45) is 0. The van der Waals surface area contributed by atoms with Crippen molar-refractivity contribution in [2.24, 2.45) is 0 Å². The van der Waals surface area contributed by atoms with E-state index in [1.165, 1.54) is 23.1 Å². The van der Waals surface area contributed by atoms with Crippen LogP contribution in [0, 0.1) is 5.82 Å². The number of hydrogen-bond acceptors (Lipinski definition) is 7. The molecule has 1 aliphatic heterocycles. The van der Waals surface area contributed by atoms with Crippen molar-refractivity contribution in [3.05, 3.63) is 89.2 Å². The molecule has 9 heteroatoms. The topological polar surface area (TPSA) is 89.0 Å². The van der Waals surface area contributed by atoms with E-state index in [-0.39, 0.29) is 16.5 Å². The first kappa shape index (κ1) is 24.5. The molecule has 0 saturated carbocycles. The van der Waals surface area contributed by atoms with Crippen molar-refractivity contribution in [2.75, 3.05) is 18.1 Å². The molecule has 0 radical (unpaired) electrons. The second-order valence-electron chi connectivity index (χ2n) is 8.24. The van der Waals surface area contributed by atoms with Crippen LogP contribution in [0.25, 0.3) is 16.0 Å². The van der Waals surface area contributed by atoms with Crippen molar-refractivity contribution in [1.82, 2.24) is 4.98 Å². The van der Waals surface area contributed by atoms with Crippen molar-refractivity contribution in [1.29, 1.82) is 0 Å². The fraction of sp³-hybridized carbons (Fsp3) is 0.179. The monoisotopic (exact) mass is 518 g/mol. The molecule has 1 aliphatic rings. The fourth-order valence-corrected chi connectivity index (χ4v) is 5.32. The number of aromatic nitrogens is 1. The molecule has 0 aliphatic carbocycles. The average Bonchev–Trinajstić information content (AvgIpc) is 3.42. The van der Waals surface area contributed by atoms with Crippen LogP contribution in [0.2, 0.25) is 0 Å². The van der Waals surface area contributed by atoms with Crippen molar-refractivity contribution in [3.8, 4) is 11.5 Å². The van der Waals surface area contributed by atoms with E-state index in [0.717, 1.165) is 11.3 Å². The minimum atomic E-state index is -0.961. The van der Waals surface area contributed by atoms with Crippen LogP contribution in [0.4, 0.5) is 9.52 Å². The number of halogens is 1. The number of Topliss-reactive ketones (excluding diaryl/α,β-unsaturated/α-hetero) is 1. The van der Waals surface area contributed by atoms with Gasteiger partial charge in [0.1, 0.15) is 23.1 Å². The number of aliphatic hydroxyl groups excluding tert-OH is 1. The highest BCUT2D eigenvalue weighted by Gasteiger charge is 2.48. The summed E-state index contributed by atoms with van der Waals surface area (Å²) < 4.78 is 25.4. The number of carbonyl (C=O) groups excluding carboxylic acids is 2. The number of hydrogen-bond donors (Lipinski definition) is 1. The number of amides is 1. The molecule has 3 aromatic carbocycles. The molecule has 0 spiro atoms. The maximum absolute atomic E-state index is 13.8. The zero-order valence-corrected chi connectivity index (χ0v) is 20.9. The highest BCUT2D eigenvalue weighted by Crippen LogP contribution is 2.44. The zero-order valence-electron chi connectivity index (χ0n) is 20.1. The minimum Gasteiger partial charge on any atom is -0.507 e. The maximum Gasteiger partial charge on any atom is 0.301 e. The Morgan fingerprint density at radius 2 is 1.73 bits per heavy atom. The van der Waals surface area contributed by atoms with E-state index in [2.05, 4.69) is 4.98 Å². The Hall–Kier alpha value is -4.24. The number of rotatable bonds is 7. The molecule has 37 heavy (non-hydrogen) atoms. The SMILES string of the molecule is CCOc1ccc(C2C(=C(O)c3cccc(OCC)c3)C(=O)C(=O)N2c2nc3ccc(F)cc3s2)cc1. The number of carbonyl (C=O) groups is 2. The number of thiazole rings is 1. The van der Waals surface area contributed by atoms with Gasteiger partial charge in [-0.05, 0) is 61.9 Å². The van der Waals surface area contributed by atoms with Crippen LogP contribution in [0.1, 0.15) is 31.0 Å². The minimum absolute atomic E-state index is 0.0757. The van der Waals surface area contributed by atoms with Crippen LogP contribution in [-0.4, -0.2) is 35.0 Å². The lowest BCUT2D eigenvalue weighted by Crippen LogP contribution is -2.29. The van der Waals surface area contributed by atoms with E-state index < -0.39 is 23.5 Å². The van der Waals surface area contributed by atoms with Gasteiger partial charge in [0, 0.05) is 5.56 Å². The normalized spacial score (nSPS) is 16.9. The first-order valence-electron chi connectivity index (χ1n) is 11.7. The average molecular weight is 519 g/mol. The van der Waals surface area contributed by atoms with E-state index in [9.17, 15) is 19.1 Å². The smallest absolute Gasteiger partial charge is 0.301 e. The summed E-state index contributed by atoms with van der Waals surface area (Å²) in [7, 11) is 0. The lowest BCUT2D eigenvalue weighted by molar-refractivity contribution is -0.132. The number of benzene rings is 3. The van der Waals surface area contributed by atoms with Crippen molar-refractivity contribution in [2.45, 2.75) is 19.9 Å². The molecule has 7 nitrogen and oxygen atoms in total. The first-order valence-corrected chi connectivity index (χ1v) is 12.6. The Morgan fingerprint density at radius 3 is 2.46 bits per heavy atom. The van der Waals surface area contributed by atoms with Crippen molar-refractivity contribution < 1.29 is 28.6 Å². The third-order valence-electron chi connectivity index (χ3n) is 5.92. The van der Waals surface area contributed by atoms with E-state index in [1.54, 1.807) is 48.5 Å². The van der Waals surface area contributed by atoms with Gasteiger partial charge in [0.05, 0.1) is 35.0 Å². The molecule has 1 saturated heterocycles. The van der Waals surface area contributed by atoms with Crippen LogP contribution >= 0.6 is 11.3 Å². The summed E-state index contributed by atoms with van der Waals surface area (Å²) in [4.78, 5) is 32.5. The van der Waals surface area contributed by atoms with Crippen LogP contribution < -0.4 is 14.4 Å². The van der Waals surface area contributed by atoms with Gasteiger partial charge in [-0.1, -0.05) is 35.6 Å². The number of ketones is 1. The zero-order chi connectivity index (χ0) is 26.1. The summed E-state index contributed by atoms with van der Waals surface area (Å²) in [5.74, 6) is -1.28. The number of ether oxygens (including phenoxy) is 2. The van der Waals surface area contributed by atoms with Gasteiger partial charge in [-0.25, -0.2) is 9.37 Å². The molecule has 1 unspecified atom stereocenters. The molecule has 2 heterocycles. The van der Waals surface area contributed by atoms with Crippen LogP contribution in [0.3, 0.4) is 0 Å². The van der Waals surface area contributed by atoms with Gasteiger partial charge in [0.15, 0.2) is 5.13 Å². The second kappa shape index (κ2) is 10.0. The molecule has 0 bridgehead atoms. The van der Waals surface area contributed by atoms with Gasteiger partial charge in [0.25, 0.3) is 5.78 Å². The van der Waals surface area contributed by atoms with Crippen LogP contribution in [-0.2, 0) is 9.59 Å². The van der Waals surface area contributed by atoms with E-state index in [4.69, 9.17) is 9.47 Å². The number of nitrogens with zero attached hydrogens (tertiary/aromatic N) is 2. The third-order valence-corrected chi connectivity index (χ3v) is 6.93. The van der Waals surface area contributed by atoms with Gasteiger partial charge in [-0.15, -0.1) is 0 Å². The molecular formula is C28H23FN2O5S. The molecule has 1 fully saturated rings. The Kier molecular flexibility index (Phi) is 6.62. The van der Waals surface area contributed by atoms with Gasteiger partial charge in [-0.2, -0.15) is 0 Å². The third kappa shape index (κ3) is 4.53. The fourth-order valence-electron chi connectivity index (χ4n) is 4.30. The summed E-state index contributed by atoms with van der Waals surface area (Å²) in [6, 6.07) is 16.8. The largest absolute Gasteiger partial charge is 0.507 e. The summed E-state index contributed by atoms with van der Waals surface area (Å²) in [5.41, 5.74) is 1.34. The number of aliphatic hydroxyl groups is 1. The van der Waals surface area contributed by atoms with Crippen LogP contribution in [0.5, 0.6) is 11.5 Å². The maximum atomic E-state index is 13.8. The van der Waals surface area contributed by atoms with Gasteiger partial charge < -0.3 is 14.6 Å². The molecule has 1 N–H and O–H groups in total. The van der Waals surface area contributed by atoms with Crippen LogP contribution in [0.15, 0.2) is 72.3 Å². The molecule has 1 amide bonds. The lowest BCUT2D eigenvalue weighted by Gasteiger charge is -2.23. The lowest BCUT2D eigenvalue weighted by atomic mass is 9.95. The molecule has 1 aromatic heterocycles. The van der Waals surface area contributed by atoms with Gasteiger partial charge >= 0.3 is 5.91 Å². The molecule has 1 atom stereocenters. The second-order valence-corrected chi connectivity index (χ2v) is 9.25. The molecule has 5 rings (SSSR count). The van der Waals surface area contributed by atoms with Crippen molar-refractivity contribution in [3.63, 3.8) is 0 Å². The predicted molar refractivity (Wildman–Crippen MR) is 140 cm³/mol. The highest BCUT2D eigenvalue weighted by atomic mass is 32.1. The Bertz CT molecular complexity index is 1530. The molecule has 4 aromatic rings. The van der Waals surface area contributed by atoms with Gasteiger partial charge in [0.2, 0.25) is 0 Å². The standard InChI is InChI=1S/C28H23FN2O5S/c1-3-35-19-11-8-16(9-12-19)24-23(25(32)17-6-5-7-20(14-17)36-4-2)26(33)27(34)31(24)28-30-21-13-10-18(29)15-22(21)37-28/h5-15,24,32H,3-4H2,1-2H3. The quantitative estimate of drug-likeness (QED) is 0.187. The van der Waals surface area contributed by atoms with E-state index in [1.807, 2.05) is 13.8 Å².